The second kappa shape index (κ2) is 5.75. The lowest BCUT2D eigenvalue weighted by Gasteiger charge is -2.07. The fraction of sp³-hybridized carbons (Fsp3) is 0.273. The molecule has 0 bridgehead atoms. The molecule has 16 heavy (non-hydrogen) atoms. The Hall–Kier alpha value is -2.04. The van der Waals surface area contributed by atoms with Gasteiger partial charge in [0.1, 0.15) is 5.84 Å². The molecule has 1 rings (SSSR count). The molecule has 0 heterocycles. The van der Waals surface area contributed by atoms with Crippen molar-refractivity contribution in [3.05, 3.63) is 23.8 Å². The minimum atomic E-state index is 0.0386. The highest BCUT2D eigenvalue weighted by Crippen LogP contribution is 2.26. The standard InChI is InChI=1S/C11H15N3O2/c1-15-9-4-3-8(5-10(9)16-2)6-14-7-11(12)13/h3-6H,7H2,1-2H3,(H3,12,13). The summed E-state index contributed by atoms with van der Waals surface area (Å²) >= 11 is 0. The number of methoxy groups -OCH3 is 2. The topological polar surface area (TPSA) is 80.7 Å². The summed E-state index contributed by atoms with van der Waals surface area (Å²) in [5.74, 6) is 1.36. The van der Waals surface area contributed by atoms with Crippen molar-refractivity contribution < 1.29 is 9.47 Å². The van der Waals surface area contributed by atoms with Crippen molar-refractivity contribution in [1.29, 1.82) is 5.41 Å². The number of hydrogen-bond donors (Lipinski definition) is 2. The van der Waals surface area contributed by atoms with Gasteiger partial charge in [0.2, 0.25) is 0 Å². The maximum absolute atomic E-state index is 7.02. The smallest absolute Gasteiger partial charge is 0.161 e. The molecule has 1 aromatic rings. The Morgan fingerprint density at radius 3 is 2.62 bits per heavy atom. The van der Waals surface area contributed by atoms with Gasteiger partial charge in [-0.3, -0.25) is 10.4 Å². The first kappa shape index (κ1) is 12.0. The van der Waals surface area contributed by atoms with Crippen LogP contribution in [0.2, 0.25) is 0 Å². The van der Waals surface area contributed by atoms with Crippen molar-refractivity contribution in [3.63, 3.8) is 0 Å². The van der Waals surface area contributed by atoms with E-state index in [0.717, 1.165) is 5.56 Å². The van der Waals surface area contributed by atoms with E-state index < -0.39 is 0 Å². The van der Waals surface area contributed by atoms with Crippen LogP contribution in [-0.4, -0.2) is 32.8 Å². The van der Waals surface area contributed by atoms with Crippen molar-refractivity contribution in [1.82, 2.24) is 0 Å². The molecule has 0 aliphatic rings. The number of nitrogens with one attached hydrogen (secondary N) is 1. The maximum Gasteiger partial charge on any atom is 0.161 e. The van der Waals surface area contributed by atoms with Crippen molar-refractivity contribution in [3.8, 4) is 11.5 Å². The van der Waals surface area contributed by atoms with Crippen LogP contribution in [0.1, 0.15) is 5.56 Å². The van der Waals surface area contributed by atoms with Gasteiger partial charge in [-0.25, -0.2) is 0 Å². The SMILES string of the molecule is COc1ccc(C=NCC(=N)N)cc1OC. The van der Waals surface area contributed by atoms with Crippen LogP contribution in [-0.2, 0) is 0 Å². The summed E-state index contributed by atoms with van der Waals surface area (Å²) in [7, 11) is 3.16. The molecule has 5 heteroatoms. The molecule has 0 aliphatic carbocycles. The Kier molecular flexibility index (Phi) is 4.32. The Morgan fingerprint density at radius 1 is 1.38 bits per heavy atom. The molecule has 0 aliphatic heterocycles. The first-order chi connectivity index (χ1) is 7.67. The van der Waals surface area contributed by atoms with Gasteiger partial charge in [-0.1, -0.05) is 0 Å². The van der Waals surface area contributed by atoms with Crippen molar-refractivity contribution in [2.45, 2.75) is 0 Å². The van der Waals surface area contributed by atoms with E-state index in [1.54, 1.807) is 26.5 Å². The van der Waals surface area contributed by atoms with Crippen LogP contribution in [0.3, 0.4) is 0 Å². The minimum Gasteiger partial charge on any atom is -0.493 e. The van der Waals surface area contributed by atoms with Gasteiger partial charge in [0.15, 0.2) is 11.5 Å². The van der Waals surface area contributed by atoms with E-state index in [9.17, 15) is 0 Å². The highest BCUT2D eigenvalue weighted by Gasteiger charge is 2.02. The average Bonchev–Trinajstić information content (AvgIpc) is 2.28. The molecule has 5 nitrogen and oxygen atoms in total. The van der Waals surface area contributed by atoms with E-state index in [4.69, 9.17) is 20.6 Å². The summed E-state index contributed by atoms with van der Waals surface area (Å²) in [6.07, 6.45) is 1.64. The van der Waals surface area contributed by atoms with Gasteiger partial charge in [0.05, 0.1) is 20.8 Å². The number of nitrogens with two attached hydrogens (primary N) is 1. The molecule has 1 aromatic carbocycles. The summed E-state index contributed by atoms with van der Waals surface area (Å²) in [5, 5.41) is 7.02. The zero-order valence-corrected chi connectivity index (χ0v) is 9.36. The van der Waals surface area contributed by atoms with Crippen LogP contribution < -0.4 is 15.2 Å². The molecule has 0 radical (unpaired) electrons. The fourth-order valence-electron chi connectivity index (χ4n) is 1.18. The number of ether oxygens (including phenoxy) is 2. The van der Waals surface area contributed by atoms with Gasteiger partial charge in [0, 0.05) is 6.21 Å². The molecule has 0 saturated carbocycles. The largest absolute Gasteiger partial charge is 0.493 e. The quantitative estimate of drug-likeness (QED) is 0.576. The van der Waals surface area contributed by atoms with E-state index in [2.05, 4.69) is 4.99 Å². The minimum absolute atomic E-state index is 0.0386. The fourth-order valence-corrected chi connectivity index (χ4v) is 1.18. The van der Waals surface area contributed by atoms with Gasteiger partial charge in [0.25, 0.3) is 0 Å². The molecule has 0 saturated heterocycles. The van der Waals surface area contributed by atoms with E-state index in [1.165, 1.54) is 0 Å². The molecule has 0 atom stereocenters. The second-order valence-corrected chi connectivity index (χ2v) is 3.11. The van der Waals surface area contributed by atoms with Crippen molar-refractivity contribution >= 4 is 12.1 Å². The van der Waals surface area contributed by atoms with E-state index in [1.807, 2.05) is 12.1 Å². The van der Waals surface area contributed by atoms with Crippen LogP contribution in [0.4, 0.5) is 0 Å². The second-order valence-electron chi connectivity index (χ2n) is 3.11. The molecule has 0 spiro atoms. The first-order valence-corrected chi connectivity index (χ1v) is 4.72. The molecule has 86 valence electrons. The van der Waals surface area contributed by atoms with Gasteiger partial charge in [-0.05, 0) is 23.8 Å². The van der Waals surface area contributed by atoms with Crippen molar-refractivity contribution in [2.24, 2.45) is 10.7 Å². The highest BCUT2D eigenvalue weighted by molar-refractivity contribution is 5.85. The third-order valence-electron chi connectivity index (χ3n) is 1.91. The summed E-state index contributed by atoms with van der Waals surface area (Å²) in [6, 6.07) is 5.46. The van der Waals surface area contributed by atoms with Crippen LogP contribution in [0, 0.1) is 5.41 Å². The Labute approximate surface area is 94.4 Å². The van der Waals surface area contributed by atoms with Crippen LogP contribution >= 0.6 is 0 Å². The number of rotatable bonds is 5. The molecule has 0 amide bonds. The van der Waals surface area contributed by atoms with Crippen LogP contribution in [0.5, 0.6) is 11.5 Å². The van der Waals surface area contributed by atoms with Gasteiger partial charge in [-0.15, -0.1) is 0 Å². The highest BCUT2D eigenvalue weighted by atomic mass is 16.5. The monoisotopic (exact) mass is 221 g/mol. The van der Waals surface area contributed by atoms with Gasteiger partial charge >= 0.3 is 0 Å². The number of aliphatic imine (C=N–C) groups is 1. The molecular formula is C11H15N3O2. The maximum atomic E-state index is 7.02. The summed E-state index contributed by atoms with van der Waals surface area (Å²) in [4.78, 5) is 4.00. The van der Waals surface area contributed by atoms with E-state index in [-0.39, 0.29) is 12.4 Å². The van der Waals surface area contributed by atoms with E-state index in [0.29, 0.717) is 11.5 Å². The van der Waals surface area contributed by atoms with Gasteiger partial charge < -0.3 is 15.2 Å². The predicted molar refractivity (Wildman–Crippen MR) is 63.9 cm³/mol. The molecule has 0 unspecified atom stereocenters. The lowest BCUT2D eigenvalue weighted by molar-refractivity contribution is 0.355. The molecule has 0 fully saturated rings. The Bertz CT molecular complexity index is 402. The third kappa shape index (κ3) is 3.27. The average molecular weight is 221 g/mol. The summed E-state index contributed by atoms with van der Waals surface area (Å²) in [6.45, 7) is 0.203. The number of amidine groups is 1. The summed E-state index contributed by atoms with van der Waals surface area (Å²) in [5.41, 5.74) is 6.06. The zero-order chi connectivity index (χ0) is 12.0. The lowest BCUT2D eigenvalue weighted by atomic mass is 10.2. The predicted octanol–water partition coefficient (Wildman–Crippen LogP) is 1.06. The molecule has 0 aromatic heterocycles. The zero-order valence-electron chi connectivity index (χ0n) is 9.36. The Balaban J connectivity index is 2.82. The molecule has 3 N–H and O–H groups in total. The lowest BCUT2D eigenvalue weighted by Crippen LogP contribution is -2.12. The number of nitrogens with zero attached hydrogens (tertiary/aromatic N) is 1. The van der Waals surface area contributed by atoms with Crippen molar-refractivity contribution in [2.75, 3.05) is 20.8 Å². The Morgan fingerprint density at radius 2 is 2.06 bits per heavy atom. The van der Waals surface area contributed by atoms with Crippen LogP contribution in [0.15, 0.2) is 23.2 Å². The number of hydrogen-bond acceptors (Lipinski definition) is 4. The number of benzene rings is 1. The third-order valence-corrected chi connectivity index (χ3v) is 1.91. The van der Waals surface area contributed by atoms with Gasteiger partial charge in [-0.2, -0.15) is 0 Å². The van der Waals surface area contributed by atoms with Crippen LogP contribution in [0.25, 0.3) is 0 Å². The normalized spacial score (nSPS) is 10.4. The van der Waals surface area contributed by atoms with E-state index >= 15 is 0 Å². The first-order valence-electron chi connectivity index (χ1n) is 4.72. The molecular weight excluding hydrogens is 206 g/mol. The summed E-state index contributed by atoms with van der Waals surface area (Å²) < 4.78 is 10.3.